The number of rotatable bonds is 5. The summed E-state index contributed by atoms with van der Waals surface area (Å²) in [5.74, 6) is 0.634. The predicted molar refractivity (Wildman–Crippen MR) is 106 cm³/mol. The molecule has 0 aliphatic heterocycles. The van der Waals surface area contributed by atoms with E-state index in [2.05, 4.69) is 22.2 Å². The molecule has 0 unspecified atom stereocenters. The average Bonchev–Trinajstić information content (AvgIpc) is 2.88. The number of carbonyl (C=O) groups is 1. The van der Waals surface area contributed by atoms with Crippen LogP contribution in [-0.2, 0) is 11.2 Å². The smallest absolute Gasteiger partial charge is 0.234 e. The number of carbonyl (C=O) groups excluding carboxylic acids is 1. The van der Waals surface area contributed by atoms with Crippen molar-refractivity contribution in [1.82, 2.24) is 9.97 Å². The number of nitrogens with two attached hydrogens (primary N) is 1. The lowest BCUT2D eigenvalue weighted by atomic mass is 10.1. The van der Waals surface area contributed by atoms with E-state index in [0.29, 0.717) is 11.0 Å². The summed E-state index contributed by atoms with van der Waals surface area (Å²) in [4.78, 5) is 23.1. The Labute approximate surface area is 155 Å². The summed E-state index contributed by atoms with van der Waals surface area (Å²) in [6.07, 6.45) is 0.936. The summed E-state index contributed by atoms with van der Waals surface area (Å²) in [5, 5.41) is 4.36. The Morgan fingerprint density at radius 2 is 2.12 bits per heavy atom. The van der Waals surface area contributed by atoms with Crippen LogP contribution in [0.4, 0.5) is 11.5 Å². The number of benzene rings is 1. The number of aromatic nitrogens is 2. The van der Waals surface area contributed by atoms with Gasteiger partial charge in [0.2, 0.25) is 5.91 Å². The van der Waals surface area contributed by atoms with Gasteiger partial charge < -0.3 is 11.1 Å². The van der Waals surface area contributed by atoms with E-state index in [-0.39, 0.29) is 11.7 Å². The number of fused-ring (bicyclic) bond motifs is 1. The standard InChI is InChI=1S/C18H20N4OS2/c1-4-12-6-5-7-13(8-12)20-14(23)9-24-18-21-16(19)15-10(2)11(3)25-17(15)22-18/h5-8H,4,9H2,1-3H3,(H,20,23)(H2,19,21,22). The Hall–Kier alpha value is -2.12. The monoisotopic (exact) mass is 372 g/mol. The van der Waals surface area contributed by atoms with Gasteiger partial charge in [0, 0.05) is 10.6 Å². The van der Waals surface area contributed by atoms with Crippen LogP contribution in [0.25, 0.3) is 10.2 Å². The molecule has 2 aromatic heterocycles. The summed E-state index contributed by atoms with van der Waals surface area (Å²) in [5.41, 5.74) is 9.20. The van der Waals surface area contributed by atoms with Crippen molar-refractivity contribution in [3.63, 3.8) is 0 Å². The second-order valence-corrected chi connectivity index (χ2v) is 7.89. The quantitative estimate of drug-likeness (QED) is 0.519. The zero-order valence-electron chi connectivity index (χ0n) is 14.4. The van der Waals surface area contributed by atoms with Crippen molar-refractivity contribution in [2.24, 2.45) is 0 Å². The summed E-state index contributed by atoms with van der Waals surface area (Å²) >= 11 is 2.90. The van der Waals surface area contributed by atoms with Gasteiger partial charge in [-0.15, -0.1) is 11.3 Å². The Bertz CT molecular complexity index is 936. The Kier molecular flexibility index (Phi) is 5.24. The van der Waals surface area contributed by atoms with Crippen molar-refractivity contribution in [2.75, 3.05) is 16.8 Å². The van der Waals surface area contributed by atoms with E-state index in [9.17, 15) is 4.79 Å². The van der Waals surface area contributed by atoms with Crippen molar-refractivity contribution in [1.29, 1.82) is 0 Å². The lowest BCUT2D eigenvalue weighted by molar-refractivity contribution is -0.113. The highest BCUT2D eigenvalue weighted by atomic mass is 32.2. The summed E-state index contributed by atoms with van der Waals surface area (Å²) < 4.78 is 0. The van der Waals surface area contributed by atoms with Gasteiger partial charge in [-0.25, -0.2) is 9.97 Å². The van der Waals surface area contributed by atoms with Crippen LogP contribution < -0.4 is 11.1 Å². The minimum absolute atomic E-state index is 0.0842. The van der Waals surface area contributed by atoms with E-state index in [1.165, 1.54) is 22.2 Å². The molecule has 0 saturated carbocycles. The van der Waals surface area contributed by atoms with Gasteiger partial charge in [-0.05, 0) is 43.5 Å². The lowest BCUT2D eigenvalue weighted by Gasteiger charge is -2.07. The fraction of sp³-hybridized carbons (Fsp3) is 0.278. The highest BCUT2D eigenvalue weighted by molar-refractivity contribution is 7.99. The van der Waals surface area contributed by atoms with E-state index in [4.69, 9.17) is 5.73 Å². The van der Waals surface area contributed by atoms with Gasteiger partial charge in [0.1, 0.15) is 10.6 Å². The van der Waals surface area contributed by atoms with E-state index < -0.39 is 0 Å². The normalized spacial score (nSPS) is 11.0. The molecular weight excluding hydrogens is 352 g/mol. The zero-order valence-corrected chi connectivity index (χ0v) is 16.1. The Balaban J connectivity index is 1.68. The van der Waals surface area contributed by atoms with E-state index in [1.807, 2.05) is 38.1 Å². The van der Waals surface area contributed by atoms with Gasteiger partial charge >= 0.3 is 0 Å². The third-order valence-corrected chi connectivity index (χ3v) is 5.94. The van der Waals surface area contributed by atoms with Gasteiger partial charge in [-0.1, -0.05) is 30.8 Å². The van der Waals surface area contributed by atoms with Gasteiger partial charge in [-0.3, -0.25) is 4.79 Å². The van der Waals surface area contributed by atoms with Crippen molar-refractivity contribution < 1.29 is 4.79 Å². The van der Waals surface area contributed by atoms with Gasteiger partial charge in [-0.2, -0.15) is 0 Å². The minimum atomic E-state index is -0.0842. The van der Waals surface area contributed by atoms with Crippen LogP contribution in [0, 0.1) is 13.8 Å². The number of thiophene rings is 1. The Morgan fingerprint density at radius 1 is 1.32 bits per heavy atom. The first-order chi connectivity index (χ1) is 12.0. The molecule has 130 valence electrons. The molecule has 3 N–H and O–H groups in total. The van der Waals surface area contributed by atoms with Gasteiger partial charge in [0.25, 0.3) is 0 Å². The van der Waals surface area contributed by atoms with Crippen LogP contribution in [0.2, 0.25) is 0 Å². The first-order valence-corrected chi connectivity index (χ1v) is 9.83. The molecule has 3 rings (SSSR count). The summed E-state index contributed by atoms with van der Waals surface area (Å²) in [6, 6.07) is 7.86. The van der Waals surface area contributed by atoms with Crippen LogP contribution in [-0.4, -0.2) is 21.6 Å². The SMILES string of the molecule is CCc1cccc(NC(=O)CSc2nc(N)c3c(C)c(C)sc3n2)c1. The molecular formula is C18H20N4OS2. The maximum atomic E-state index is 12.2. The lowest BCUT2D eigenvalue weighted by Crippen LogP contribution is -2.14. The van der Waals surface area contributed by atoms with E-state index in [0.717, 1.165) is 27.9 Å². The molecule has 7 heteroatoms. The first kappa shape index (κ1) is 17.7. The van der Waals surface area contributed by atoms with Crippen molar-refractivity contribution in [2.45, 2.75) is 32.3 Å². The highest BCUT2D eigenvalue weighted by Gasteiger charge is 2.14. The third-order valence-electron chi connectivity index (χ3n) is 3.99. The molecule has 25 heavy (non-hydrogen) atoms. The fourth-order valence-electron chi connectivity index (χ4n) is 2.52. The Morgan fingerprint density at radius 3 is 2.88 bits per heavy atom. The number of hydrogen-bond donors (Lipinski definition) is 2. The molecule has 0 fully saturated rings. The number of aryl methyl sites for hydroxylation is 3. The zero-order chi connectivity index (χ0) is 18.0. The largest absolute Gasteiger partial charge is 0.383 e. The van der Waals surface area contributed by atoms with Gasteiger partial charge in [0.15, 0.2) is 5.16 Å². The fourth-order valence-corrected chi connectivity index (χ4v) is 4.27. The molecule has 0 saturated heterocycles. The van der Waals surface area contributed by atoms with Crippen LogP contribution in [0.1, 0.15) is 22.9 Å². The second-order valence-electron chi connectivity index (χ2n) is 5.75. The highest BCUT2D eigenvalue weighted by Crippen LogP contribution is 2.33. The van der Waals surface area contributed by atoms with Gasteiger partial charge in [0.05, 0.1) is 11.1 Å². The second kappa shape index (κ2) is 7.41. The predicted octanol–water partition coefficient (Wildman–Crippen LogP) is 4.18. The summed E-state index contributed by atoms with van der Waals surface area (Å²) in [7, 11) is 0. The van der Waals surface area contributed by atoms with Crippen LogP contribution in [0.3, 0.4) is 0 Å². The third kappa shape index (κ3) is 3.93. The molecule has 1 aromatic carbocycles. The average molecular weight is 373 g/mol. The van der Waals surface area contributed by atoms with Crippen LogP contribution in [0.5, 0.6) is 0 Å². The molecule has 0 atom stereocenters. The number of hydrogen-bond acceptors (Lipinski definition) is 6. The van der Waals surface area contributed by atoms with E-state index >= 15 is 0 Å². The van der Waals surface area contributed by atoms with Crippen LogP contribution in [0.15, 0.2) is 29.4 Å². The molecule has 0 aliphatic rings. The number of thioether (sulfide) groups is 1. The molecule has 5 nitrogen and oxygen atoms in total. The molecule has 0 aliphatic carbocycles. The number of nitrogens with zero attached hydrogens (tertiary/aromatic N) is 2. The number of anilines is 2. The molecule has 0 bridgehead atoms. The molecule has 3 aromatic rings. The van der Waals surface area contributed by atoms with Crippen molar-refractivity contribution >= 4 is 50.7 Å². The van der Waals surface area contributed by atoms with Crippen molar-refractivity contribution in [3.05, 3.63) is 40.3 Å². The van der Waals surface area contributed by atoms with Crippen LogP contribution >= 0.6 is 23.1 Å². The maximum Gasteiger partial charge on any atom is 0.234 e. The number of nitrogen functional groups attached to an aromatic ring is 1. The maximum absolute atomic E-state index is 12.2. The summed E-state index contributed by atoms with van der Waals surface area (Å²) in [6.45, 7) is 6.16. The molecule has 1 amide bonds. The molecule has 0 spiro atoms. The first-order valence-electron chi connectivity index (χ1n) is 8.02. The minimum Gasteiger partial charge on any atom is -0.383 e. The molecule has 2 heterocycles. The van der Waals surface area contributed by atoms with Crippen molar-refractivity contribution in [3.8, 4) is 0 Å². The number of nitrogens with one attached hydrogen (secondary N) is 1. The van der Waals surface area contributed by atoms with E-state index in [1.54, 1.807) is 11.3 Å². The number of amides is 1. The molecule has 0 radical (unpaired) electrons. The topological polar surface area (TPSA) is 80.9 Å².